The number of nitrogens with one attached hydrogen (secondary N) is 2. The SMILES string of the molecule is CCONC(=O)c1cnc(N=C(N)/C=C\C=C(/C)CC)cc1Nc1ccc(C2CC2)cc1N(C)S(C)(=O)=O. The number of carbonyl (C=O) groups excluding carboxylic acids is 1. The van der Waals surface area contributed by atoms with Crippen LogP contribution in [0, 0.1) is 0 Å². The minimum absolute atomic E-state index is 0.187. The molecule has 0 spiro atoms. The van der Waals surface area contributed by atoms with Crippen LogP contribution in [-0.2, 0) is 14.9 Å². The number of allylic oxidation sites excluding steroid dienone is 3. The first-order chi connectivity index (χ1) is 18.0. The maximum Gasteiger partial charge on any atom is 0.278 e. The van der Waals surface area contributed by atoms with Crippen molar-refractivity contribution in [1.82, 2.24) is 10.5 Å². The van der Waals surface area contributed by atoms with Crippen LogP contribution in [0.1, 0.15) is 61.9 Å². The van der Waals surface area contributed by atoms with E-state index in [9.17, 15) is 13.2 Å². The lowest BCUT2D eigenvalue weighted by atomic mass is 10.1. The Labute approximate surface area is 224 Å². The van der Waals surface area contributed by atoms with Gasteiger partial charge in [0, 0.05) is 19.3 Å². The molecule has 1 aliphatic carbocycles. The topological polar surface area (TPSA) is 139 Å². The smallest absolute Gasteiger partial charge is 0.278 e. The van der Waals surface area contributed by atoms with Gasteiger partial charge in [0.15, 0.2) is 5.82 Å². The van der Waals surface area contributed by atoms with Crippen molar-refractivity contribution in [2.45, 2.75) is 46.0 Å². The highest BCUT2D eigenvalue weighted by Crippen LogP contribution is 2.43. The Kier molecular flexibility index (Phi) is 9.65. The molecule has 0 unspecified atom stereocenters. The standard InChI is InChI=1S/C27H36N6O4S/c1-6-18(3)9-8-10-25(28)31-26-16-23(21(17-29-26)27(34)32-37-7-2)30-22-14-13-20(19-11-12-19)15-24(22)33(4)38(5,35)36/h8-10,13-17,19H,6-7,11-12H2,1-5H3,(H,32,34)(H3,28,29,30,31)/b10-8-,18-9+. The number of amidine groups is 1. The number of rotatable bonds is 12. The zero-order valence-corrected chi connectivity index (χ0v) is 23.3. The number of nitrogens with zero attached hydrogens (tertiary/aromatic N) is 3. The number of sulfonamides is 1. The predicted molar refractivity (Wildman–Crippen MR) is 153 cm³/mol. The van der Waals surface area contributed by atoms with Gasteiger partial charge in [0.25, 0.3) is 5.91 Å². The molecule has 3 rings (SSSR count). The molecule has 0 atom stereocenters. The molecule has 0 aliphatic heterocycles. The average molecular weight is 541 g/mol. The fraction of sp³-hybridized carbons (Fsp3) is 0.370. The second-order valence-electron chi connectivity index (χ2n) is 9.12. The molecule has 4 N–H and O–H groups in total. The molecule has 1 amide bonds. The van der Waals surface area contributed by atoms with Crippen molar-refractivity contribution in [3.8, 4) is 0 Å². The van der Waals surface area contributed by atoms with Crippen LogP contribution in [0.5, 0.6) is 0 Å². The number of pyridine rings is 1. The van der Waals surface area contributed by atoms with E-state index < -0.39 is 15.9 Å². The first kappa shape index (κ1) is 28.9. The van der Waals surface area contributed by atoms with Crippen LogP contribution >= 0.6 is 0 Å². The summed E-state index contributed by atoms with van der Waals surface area (Å²) in [6.45, 7) is 6.12. The van der Waals surface area contributed by atoms with E-state index in [1.165, 1.54) is 23.1 Å². The molecule has 0 radical (unpaired) electrons. The van der Waals surface area contributed by atoms with Crippen molar-refractivity contribution in [3.05, 3.63) is 65.4 Å². The summed E-state index contributed by atoms with van der Waals surface area (Å²) in [5.41, 5.74) is 12.2. The predicted octanol–water partition coefficient (Wildman–Crippen LogP) is 4.68. The number of benzene rings is 1. The quantitative estimate of drug-likeness (QED) is 0.154. The third-order valence-corrected chi connectivity index (χ3v) is 7.26. The molecule has 204 valence electrons. The van der Waals surface area contributed by atoms with Crippen molar-refractivity contribution >= 4 is 44.6 Å². The minimum atomic E-state index is -3.54. The monoisotopic (exact) mass is 540 g/mol. The zero-order chi connectivity index (χ0) is 27.9. The maximum atomic E-state index is 12.8. The van der Waals surface area contributed by atoms with Crippen molar-refractivity contribution in [3.63, 3.8) is 0 Å². The van der Waals surface area contributed by atoms with Crippen molar-refractivity contribution in [2.24, 2.45) is 10.7 Å². The Morgan fingerprint density at radius 3 is 2.63 bits per heavy atom. The lowest BCUT2D eigenvalue weighted by Crippen LogP contribution is -2.26. The van der Waals surface area contributed by atoms with Crippen LogP contribution in [-0.4, -0.2) is 45.1 Å². The molecule has 2 aromatic rings. The molecule has 38 heavy (non-hydrogen) atoms. The van der Waals surface area contributed by atoms with E-state index in [1.54, 1.807) is 19.1 Å². The number of nitrogens with two attached hydrogens (primary N) is 1. The van der Waals surface area contributed by atoms with E-state index in [2.05, 4.69) is 27.7 Å². The molecule has 1 aromatic carbocycles. The second-order valence-corrected chi connectivity index (χ2v) is 11.1. The van der Waals surface area contributed by atoms with E-state index in [1.807, 2.05) is 37.3 Å². The molecule has 0 saturated heterocycles. The van der Waals surface area contributed by atoms with E-state index in [4.69, 9.17) is 10.6 Å². The lowest BCUT2D eigenvalue weighted by Gasteiger charge is -2.23. The normalized spacial score (nSPS) is 14.6. The number of hydroxylamine groups is 1. The summed E-state index contributed by atoms with van der Waals surface area (Å²) in [5.74, 6) is 0.419. The number of hydrogen-bond acceptors (Lipinski definition) is 7. The summed E-state index contributed by atoms with van der Waals surface area (Å²) < 4.78 is 26.0. The van der Waals surface area contributed by atoms with E-state index in [0.29, 0.717) is 23.0 Å². The van der Waals surface area contributed by atoms with Gasteiger partial charge in [0.2, 0.25) is 10.0 Å². The molecule has 1 saturated carbocycles. The van der Waals surface area contributed by atoms with Crippen LogP contribution < -0.4 is 20.8 Å². The van der Waals surface area contributed by atoms with Gasteiger partial charge in [-0.2, -0.15) is 0 Å². The van der Waals surface area contributed by atoms with Gasteiger partial charge in [-0.1, -0.05) is 30.7 Å². The first-order valence-electron chi connectivity index (χ1n) is 12.5. The second kappa shape index (κ2) is 12.7. The van der Waals surface area contributed by atoms with E-state index >= 15 is 0 Å². The van der Waals surface area contributed by atoms with Crippen molar-refractivity contribution in [2.75, 3.05) is 29.5 Å². The van der Waals surface area contributed by atoms with Crippen LogP contribution in [0.2, 0.25) is 0 Å². The Balaban J connectivity index is 2.04. The highest BCUT2D eigenvalue weighted by molar-refractivity contribution is 7.92. The van der Waals surface area contributed by atoms with Gasteiger partial charge in [-0.25, -0.2) is 23.9 Å². The highest BCUT2D eigenvalue weighted by Gasteiger charge is 2.26. The van der Waals surface area contributed by atoms with Gasteiger partial charge in [0.05, 0.1) is 35.5 Å². The summed E-state index contributed by atoms with van der Waals surface area (Å²) in [7, 11) is -2.04. The lowest BCUT2D eigenvalue weighted by molar-refractivity contribution is 0.0365. The Morgan fingerprint density at radius 1 is 1.26 bits per heavy atom. The molecule has 1 aliphatic rings. The van der Waals surface area contributed by atoms with Crippen LogP contribution in [0.25, 0.3) is 0 Å². The van der Waals surface area contributed by atoms with Gasteiger partial charge in [-0.05, 0) is 62.8 Å². The third kappa shape index (κ3) is 7.90. The Morgan fingerprint density at radius 2 is 2.00 bits per heavy atom. The van der Waals surface area contributed by atoms with E-state index in [-0.39, 0.29) is 23.8 Å². The Bertz CT molecular complexity index is 1360. The van der Waals surface area contributed by atoms with Crippen molar-refractivity contribution in [1.29, 1.82) is 0 Å². The number of aromatic nitrogens is 1. The van der Waals surface area contributed by atoms with Gasteiger partial charge < -0.3 is 11.1 Å². The van der Waals surface area contributed by atoms with Gasteiger partial charge in [0.1, 0.15) is 5.84 Å². The molecule has 1 heterocycles. The Hall–Kier alpha value is -3.70. The number of anilines is 3. The number of hydrogen-bond donors (Lipinski definition) is 3. The molecule has 0 bridgehead atoms. The fourth-order valence-corrected chi connectivity index (χ4v) is 4.00. The van der Waals surface area contributed by atoms with Crippen LogP contribution in [0.15, 0.2) is 59.3 Å². The average Bonchev–Trinajstić information content (AvgIpc) is 3.72. The first-order valence-corrected chi connectivity index (χ1v) is 14.3. The molecule has 1 fully saturated rings. The van der Waals surface area contributed by atoms with Crippen molar-refractivity contribution < 1.29 is 18.0 Å². The third-order valence-electron chi connectivity index (χ3n) is 6.07. The molecule has 10 nitrogen and oxygen atoms in total. The fourth-order valence-electron chi connectivity index (χ4n) is 3.49. The summed E-state index contributed by atoms with van der Waals surface area (Å²) in [4.78, 5) is 26.5. The zero-order valence-electron chi connectivity index (χ0n) is 22.5. The summed E-state index contributed by atoms with van der Waals surface area (Å²) in [6.07, 6.45) is 11.0. The molecular weight excluding hydrogens is 504 g/mol. The highest BCUT2D eigenvalue weighted by atomic mass is 32.2. The van der Waals surface area contributed by atoms with Gasteiger partial charge in [-0.15, -0.1) is 0 Å². The largest absolute Gasteiger partial charge is 0.384 e. The maximum absolute atomic E-state index is 12.8. The van der Waals surface area contributed by atoms with Crippen LogP contribution in [0.3, 0.4) is 0 Å². The molecule has 11 heteroatoms. The van der Waals surface area contributed by atoms with E-state index in [0.717, 1.165) is 31.1 Å². The summed E-state index contributed by atoms with van der Waals surface area (Å²) in [5, 5.41) is 3.22. The number of carbonyl (C=O) groups is 1. The number of amides is 1. The molecule has 1 aromatic heterocycles. The van der Waals surface area contributed by atoms with Gasteiger partial charge in [-0.3, -0.25) is 13.9 Å². The minimum Gasteiger partial charge on any atom is -0.384 e. The summed E-state index contributed by atoms with van der Waals surface area (Å²) >= 11 is 0. The number of aliphatic imine (C=N–C) groups is 1. The van der Waals surface area contributed by atoms with Gasteiger partial charge >= 0.3 is 0 Å². The molecular formula is C27H36N6O4S. The van der Waals surface area contributed by atoms with Crippen LogP contribution in [0.4, 0.5) is 22.9 Å². The summed E-state index contributed by atoms with van der Waals surface area (Å²) in [6, 6.07) is 7.23.